The second-order valence-electron chi connectivity index (χ2n) is 7.99. The molecule has 0 saturated carbocycles. The molecule has 2 aromatic heterocycles. The SMILES string of the molecule is Bc1cccc2c1c1ccccc1n2-c1nc(-c2ccccc2)cc(-c2ccccc2)n1. The van der Waals surface area contributed by atoms with Crippen molar-refractivity contribution in [2.45, 2.75) is 0 Å². The van der Waals surface area contributed by atoms with Gasteiger partial charge in [-0.1, -0.05) is 96.5 Å². The minimum absolute atomic E-state index is 0.682. The molecule has 0 aliphatic heterocycles. The molecule has 6 aromatic rings. The third-order valence-electron chi connectivity index (χ3n) is 5.96. The lowest BCUT2D eigenvalue weighted by Gasteiger charge is -2.11. The number of benzene rings is 4. The number of aromatic nitrogens is 3. The number of hydrogen-bond donors (Lipinski definition) is 0. The largest absolute Gasteiger partial charge is 0.278 e. The van der Waals surface area contributed by atoms with E-state index in [1.54, 1.807) is 0 Å². The zero-order valence-electron chi connectivity index (χ0n) is 17.7. The van der Waals surface area contributed by atoms with Crippen molar-refractivity contribution in [2.24, 2.45) is 0 Å². The van der Waals surface area contributed by atoms with Gasteiger partial charge in [0, 0.05) is 21.9 Å². The lowest BCUT2D eigenvalue weighted by molar-refractivity contribution is 0.996. The molecule has 3 nitrogen and oxygen atoms in total. The molecule has 0 bridgehead atoms. The summed E-state index contributed by atoms with van der Waals surface area (Å²) in [4.78, 5) is 10.1. The Labute approximate surface area is 187 Å². The van der Waals surface area contributed by atoms with Crippen LogP contribution in [0.4, 0.5) is 0 Å². The second kappa shape index (κ2) is 7.50. The Bertz CT molecular complexity index is 1510. The molecule has 6 rings (SSSR count). The summed E-state index contributed by atoms with van der Waals surface area (Å²) in [7, 11) is 2.16. The van der Waals surface area contributed by atoms with E-state index in [-0.39, 0.29) is 0 Å². The Kier molecular flexibility index (Phi) is 4.36. The molecular formula is C28H20BN3. The summed E-state index contributed by atoms with van der Waals surface area (Å²) < 4.78 is 2.19. The predicted octanol–water partition coefficient (Wildman–Crippen LogP) is 5.17. The van der Waals surface area contributed by atoms with Crippen LogP contribution in [0, 0.1) is 0 Å². The third kappa shape index (κ3) is 3.00. The van der Waals surface area contributed by atoms with Gasteiger partial charge in [0.1, 0.15) is 7.85 Å². The highest BCUT2D eigenvalue weighted by Gasteiger charge is 2.17. The van der Waals surface area contributed by atoms with Crippen LogP contribution in [0.2, 0.25) is 0 Å². The summed E-state index contributed by atoms with van der Waals surface area (Å²) >= 11 is 0. The molecule has 0 saturated heterocycles. The summed E-state index contributed by atoms with van der Waals surface area (Å²) in [6.07, 6.45) is 0. The van der Waals surface area contributed by atoms with Crippen molar-refractivity contribution in [3.05, 3.63) is 109 Å². The maximum Gasteiger partial charge on any atom is 0.235 e. The molecule has 0 atom stereocenters. The van der Waals surface area contributed by atoms with Crippen LogP contribution in [0.3, 0.4) is 0 Å². The van der Waals surface area contributed by atoms with E-state index in [9.17, 15) is 0 Å². The van der Waals surface area contributed by atoms with Gasteiger partial charge in [0.05, 0.1) is 22.4 Å². The number of nitrogens with zero attached hydrogens (tertiary/aromatic N) is 3. The molecule has 2 heterocycles. The molecule has 4 heteroatoms. The third-order valence-corrected chi connectivity index (χ3v) is 5.96. The second-order valence-corrected chi connectivity index (χ2v) is 7.99. The van der Waals surface area contributed by atoms with Gasteiger partial charge in [-0.2, -0.15) is 0 Å². The number of fused-ring (bicyclic) bond motifs is 3. The first-order valence-electron chi connectivity index (χ1n) is 10.8. The monoisotopic (exact) mass is 409 g/mol. The van der Waals surface area contributed by atoms with Crippen LogP contribution in [-0.4, -0.2) is 22.4 Å². The van der Waals surface area contributed by atoms with Gasteiger partial charge < -0.3 is 0 Å². The normalized spacial score (nSPS) is 11.2. The van der Waals surface area contributed by atoms with Gasteiger partial charge in [-0.3, -0.25) is 4.57 Å². The molecular weight excluding hydrogens is 389 g/mol. The van der Waals surface area contributed by atoms with Crippen molar-refractivity contribution >= 4 is 35.1 Å². The summed E-state index contributed by atoms with van der Waals surface area (Å²) in [5, 5.41) is 2.47. The zero-order chi connectivity index (χ0) is 21.5. The highest BCUT2D eigenvalue weighted by atomic mass is 15.2. The minimum atomic E-state index is 0.682. The van der Waals surface area contributed by atoms with Crippen LogP contribution in [0.25, 0.3) is 50.3 Å². The molecule has 0 aliphatic carbocycles. The first-order chi connectivity index (χ1) is 15.8. The average molecular weight is 409 g/mol. The Hall–Kier alpha value is -4.18. The Morgan fingerprint density at radius 3 is 1.78 bits per heavy atom. The fraction of sp³-hybridized carbons (Fsp3) is 0. The van der Waals surface area contributed by atoms with Crippen LogP contribution in [0.15, 0.2) is 109 Å². The molecule has 0 unspecified atom stereocenters. The molecule has 0 radical (unpaired) electrons. The van der Waals surface area contributed by atoms with Gasteiger partial charge in [0.25, 0.3) is 0 Å². The Balaban J connectivity index is 1.71. The van der Waals surface area contributed by atoms with Gasteiger partial charge >= 0.3 is 0 Å². The van der Waals surface area contributed by atoms with Crippen LogP contribution in [0.1, 0.15) is 0 Å². The lowest BCUT2D eigenvalue weighted by Crippen LogP contribution is -2.05. The van der Waals surface area contributed by atoms with Crippen molar-refractivity contribution < 1.29 is 0 Å². The fourth-order valence-corrected chi connectivity index (χ4v) is 4.46. The van der Waals surface area contributed by atoms with E-state index in [1.807, 2.05) is 36.4 Å². The van der Waals surface area contributed by atoms with Gasteiger partial charge in [-0.05, 0) is 18.2 Å². The molecule has 0 aliphatic rings. The quantitative estimate of drug-likeness (QED) is 0.378. The van der Waals surface area contributed by atoms with Crippen molar-refractivity contribution in [1.82, 2.24) is 14.5 Å². The maximum atomic E-state index is 5.05. The van der Waals surface area contributed by atoms with E-state index < -0.39 is 0 Å². The highest BCUT2D eigenvalue weighted by molar-refractivity contribution is 6.41. The molecule has 4 aromatic carbocycles. The molecule has 0 spiro atoms. The topological polar surface area (TPSA) is 30.7 Å². The van der Waals surface area contributed by atoms with E-state index in [1.165, 1.54) is 16.2 Å². The molecule has 0 fully saturated rings. The van der Waals surface area contributed by atoms with Crippen molar-refractivity contribution in [3.8, 4) is 28.5 Å². The van der Waals surface area contributed by atoms with Crippen molar-refractivity contribution in [2.75, 3.05) is 0 Å². The van der Waals surface area contributed by atoms with Crippen LogP contribution >= 0.6 is 0 Å². The molecule has 0 amide bonds. The summed E-state index contributed by atoms with van der Waals surface area (Å²) in [6.45, 7) is 0. The van der Waals surface area contributed by atoms with E-state index in [0.717, 1.165) is 33.5 Å². The minimum Gasteiger partial charge on any atom is -0.278 e. The fourth-order valence-electron chi connectivity index (χ4n) is 4.46. The average Bonchev–Trinajstić information content (AvgIpc) is 3.20. The first-order valence-corrected chi connectivity index (χ1v) is 10.8. The number of para-hydroxylation sites is 1. The summed E-state index contributed by atoms with van der Waals surface area (Å²) in [5.41, 5.74) is 7.45. The summed E-state index contributed by atoms with van der Waals surface area (Å²) in [5.74, 6) is 0.682. The molecule has 150 valence electrons. The van der Waals surface area contributed by atoms with Gasteiger partial charge in [-0.15, -0.1) is 0 Å². The number of rotatable bonds is 3. The number of hydrogen-bond acceptors (Lipinski definition) is 2. The van der Waals surface area contributed by atoms with Crippen LogP contribution in [-0.2, 0) is 0 Å². The zero-order valence-corrected chi connectivity index (χ0v) is 17.7. The molecule has 32 heavy (non-hydrogen) atoms. The molecule has 0 N–H and O–H groups in total. The summed E-state index contributed by atoms with van der Waals surface area (Å²) in [6, 6.07) is 37.6. The van der Waals surface area contributed by atoms with Crippen LogP contribution < -0.4 is 5.46 Å². The van der Waals surface area contributed by atoms with Gasteiger partial charge in [0.2, 0.25) is 5.95 Å². The first kappa shape index (κ1) is 18.6. The van der Waals surface area contributed by atoms with Gasteiger partial charge in [-0.25, -0.2) is 9.97 Å². The Morgan fingerprint density at radius 1 is 0.562 bits per heavy atom. The van der Waals surface area contributed by atoms with E-state index in [0.29, 0.717) is 5.95 Å². The smallest absolute Gasteiger partial charge is 0.235 e. The van der Waals surface area contributed by atoms with E-state index in [2.05, 4.69) is 85.2 Å². The van der Waals surface area contributed by atoms with Crippen LogP contribution in [0.5, 0.6) is 0 Å². The van der Waals surface area contributed by atoms with Gasteiger partial charge in [0.15, 0.2) is 0 Å². The van der Waals surface area contributed by atoms with Crippen molar-refractivity contribution in [1.29, 1.82) is 0 Å². The van der Waals surface area contributed by atoms with E-state index >= 15 is 0 Å². The standard InChI is InChI=1S/C28H20BN3/c29-22-15-9-17-26-27(22)21-14-7-8-16-25(21)32(26)28-30-23(19-10-3-1-4-11-19)18-24(31-28)20-12-5-2-6-13-20/h1-18H,29H2. The van der Waals surface area contributed by atoms with Crippen molar-refractivity contribution in [3.63, 3.8) is 0 Å². The lowest BCUT2D eigenvalue weighted by atomic mass is 9.91. The Morgan fingerprint density at radius 2 is 1.12 bits per heavy atom. The highest BCUT2D eigenvalue weighted by Crippen LogP contribution is 2.32. The maximum absolute atomic E-state index is 5.05. The van der Waals surface area contributed by atoms with E-state index in [4.69, 9.17) is 9.97 Å². The predicted molar refractivity (Wildman–Crippen MR) is 135 cm³/mol.